The predicted molar refractivity (Wildman–Crippen MR) is 104 cm³/mol. The Bertz CT molecular complexity index is 927. The topological polar surface area (TPSA) is 120 Å². The molecule has 0 aliphatic heterocycles. The fourth-order valence-electron chi connectivity index (χ4n) is 2.41. The molecule has 2 aromatic rings. The zero-order valence-corrected chi connectivity index (χ0v) is 16.4. The van der Waals surface area contributed by atoms with Crippen molar-refractivity contribution < 1.29 is 22.7 Å². The van der Waals surface area contributed by atoms with Crippen LogP contribution in [-0.4, -0.2) is 34.6 Å². The number of hydrogen-bond acceptors (Lipinski definition) is 6. The van der Waals surface area contributed by atoms with Gasteiger partial charge in [-0.3, -0.25) is 4.79 Å². The first kappa shape index (κ1) is 20.5. The third-order valence-electron chi connectivity index (χ3n) is 3.95. The zero-order valence-electron chi connectivity index (χ0n) is 15.6. The van der Waals surface area contributed by atoms with Gasteiger partial charge in [-0.2, -0.15) is 0 Å². The summed E-state index contributed by atoms with van der Waals surface area (Å²) in [4.78, 5) is 12.4. The molecule has 0 saturated carbocycles. The van der Waals surface area contributed by atoms with Crippen molar-refractivity contribution in [3.8, 4) is 11.5 Å². The number of methoxy groups -OCH3 is 2. The number of aryl methyl sites for hydroxylation is 1. The van der Waals surface area contributed by atoms with Gasteiger partial charge in [0.25, 0.3) is 0 Å². The Kier molecular flexibility index (Phi) is 6.29. The van der Waals surface area contributed by atoms with Crippen LogP contribution in [0.2, 0.25) is 0 Å². The smallest absolute Gasteiger partial charge is 0.246 e. The van der Waals surface area contributed by atoms with Crippen LogP contribution in [0, 0.1) is 6.92 Å². The van der Waals surface area contributed by atoms with Crippen molar-refractivity contribution >= 4 is 27.3 Å². The SMILES string of the molecule is COc1cc(C)c(N[C@H](C)C(=O)Nc2ccc(S(N)(=O)=O)cc2)cc1OC. The maximum absolute atomic E-state index is 12.4. The molecule has 0 radical (unpaired) electrons. The molecule has 2 rings (SSSR count). The summed E-state index contributed by atoms with van der Waals surface area (Å²) in [6.45, 7) is 3.60. The van der Waals surface area contributed by atoms with E-state index in [2.05, 4.69) is 10.6 Å². The zero-order chi connectivity index (χ0) is 20.2. The van der Waals surface area contributed by atoms with Gasteiger partial charge in [-0.05, 0) is 49.7 Å². The molecule has 2 aromatic carbocycles. The highest BCUT2D eigenvalue weighted by atomic mass is 32.2. The van der Waals surface area contributed by atoms with Crippen LogP contribution in [0.25, 0.3) is 0 Å². The predicted octanol–water partition coefficient (Wildman–Crippen LogP) is 2.10. The number of rotatable bonds is 7. The quantitative estimate of drug-likeness (QED) is 0.663. The molecule has 1 amide bonds. The van der Waals surface area contributed by atoms with E-state index in [-0.39, 0.29) is 10.8 Å². The number of nitrogens with one attached hydrogen (secondary N) is 2. The van der Waals surface area contributed by atoms with Gasteiger partial charge in [0, 0.05) is 17.4 Å². The molecule has 0 aliphatic carbocycles. The van der Waals surface area contributed by atoms with Crippen LogP contribution in [-0.2, 0) is 14.8 Å². The minimum Gasteiger partial charge on any atom is -0.493 e. The number of anilines is 2. The largest absolute Gasteiger partial charge is 0.493 e. The number of nitrogens with two attached hydrogens (primary N) is 1. The van der Waals surface area contributed by atoms with Gasteiger partial charge in [-0.1, -0.05) is 0 Å². The van der Waals surface area contributed by atoms with Gasteiger partial charge in [-0.25, -0.2) is 13.6 Å². The van der Waals surface area contributed by atoms with E-state index in [1.165, 1.54) is 31.4 Å². The van der Waals surface area contributed by atoms with Crippen molar-refractivity contribution in [3.05, 3.63) is 42.0 Å². The molecule has 0 bridgehead atoms. The van der Waals surface area contributed by atoms with Crippen LogP contribution in [0.15, 0.2) is 41.3 Å². The summed E-state index contributed by atoms with van der Waals surface area (Å²) in [5.41, 5.74) is 2.09. The molecule has 27 heavy (non-hydrogen) atoms. The molecule has 4 N–H and O–H groups in total. The minimum absolute atomic E-state index is 0.0207. The number of ether oxygens (including phenoxy) is 2. The first-order valence-electron chi connectivity index (χ1n) is 8.08. The summed E-state index contributed by atoms with van der Waals surface area (Å²) < 4.78 is 33.1. The van der Waals surface area contributed by atoms with Crippen molar-refractivity contribution in [1.29, 1.82) is 0 Å². The summed E-state index contributed by atoms with van der Waals surface area (Å²) in [5.74, 6) is 0.872. The first-order valence-corrected chi connectivity index (χ1v) is 9.63. The Labute approximate surface area is 158 Å². The van der Waals surface area contributed by atoms with Gasteiger partial charge >= 0.3 is 0 Å². The first-order chi connectivity index (χ1) is 12.7. The van der Waals surface area contributed by atoms with Gasteiger partial charge in [0.2, 0.25) is 15.9 Å². The summed E-state index contributed by atoms with van der Waals surface area (Å²) in [7, 11) is -0.672. The molecular weight excluding hydrogens is 370 g/mol. The van der Waals surface area contributed by atoms with Crippen LogP contribution in [0.3, 0.4) is 0 Å². The van der Waals surface area contributed by atoms with Crippen molar-refractivity contribution in [2.24, 2.45) is 5.14 Å². The summed E-state index contributed by atoms with van der Waals surface area (Å²) in [6, 6.07) is 8.65. The maximum atomic E-state index is 12.4. The average molecular weight is 393 g/mol. The number of sulfonamides is 1. The van der Waals surface area contributed by atoms with Gasteiger partial charge in [0.15, 0.2) is 11.5 Å². The Morgan fingerprint density at radius 3 is 2.15 bits per heavy atom. The molecule has 8 nitrogen and oxygen atoms in total. The van der Waals surface area contributed by atoms with Gasteiger partial charge in [-0.15, -0.1) is 0 Å². The van der Waals surface area contributed by atoms with Crippen LogP contribution < -0.4 is 25.2 Å². The second kappa shape index (κ2) is 8.28. The van der Waals surface area contributed by atoms with E-state index in [0.717, 1.165) is 11.3 Å². The van der Waals surface area contributed by atoms with E-state index in [1.54, 1.807) is 20.1 Å². The summed E-state index contributed by atoms with van der Waals surface area (Å²) in [6.07, 6.45) is 0. The van der Waals surface area contributed by atoms with Crippen molar-refractivity contribution in [1.82, 2.24) is 0 Å². The summed E-state index contributed by atoms with van der Waals surface area (Å²) >= 11 is 0. The van der Waals surface area contributed by atoms with E-state index < -0.39 is 16.1 Å². The Balaban J connectivity index is 2.10. The molecule has 0 unspecified atom stereocenters. The van der Waals surface area contributed by atoms with Crippen LogP contribution >= 0.6 is 0 Å². The third-order valence-corrected chi connectivity index (χ3v) is 4.88. The lowest BCUT2D eigenvalue weighted by Gasteiger charge is -2.19. The number of carbonyl (C=O) groups excluding carboxylic acids is 1. The third kappa shape index (κ3) is 5.11. The molecule has 146 valence electrons. The minimum atomic E-state index is -3.77. The number of primary sulfonamides is 1. The highest BCUT2D eigenvalue weighted by Crippen LogP contribution is 2.33. The summed E-state index contributed by atoms with van der Waals surface area (Å²) in [5, 5.41) is 10.9. The average Bonchev–Trinajstić information content (AvgIpc) is 2.62. The molecule has 1 atom stereocenters. The molecule has 9 heteroatoms. The van der Waals surface area contributed by atoms with E-state index in [9.17, 15) is 13.2 Å². The molecule has 0 aromatic heterocycles. The van der Waals surface area contributed by atoms with Gasteiger partial charge < -0.3 is 20.1 Å². The van der Waals surface area contributed by atoms with Crippen molar-refractivity contribution in [3.63, 3.8) is 0 Å². The van der Waals surface area contributed by atoms with Gasteiger partial charge in [0.1, 0.15) is 6.04 Å². The highest BCUT2D eigenvalue weighted by molar-refractivity contribution is 7.89. The number of amides is 1. The Morgan fingerprint density at radius 1 is 1.07 bits per heavy atom. The van der Waals surface area contributed by atoms with Gasteiger partial charge in [0.05, 0.1) is 19.1 Å². The van der Waals surface area contributed by atoms with Crippen LogP contribution in [0.4, 0.5) is 11.4 Å². The molecule has 0 fully saturated rings. The number of carbonyl (C=O) groups is 1. The maximum Gasteiger partial charge on any atom is 0.246 e. The number of hydrogen-bond donors (Lipinski definition) is 3. The molecular formula is C18H23N3O5S. The van der Waals surface area contributed by atoms with E-state index in [0.29, 0.717) is 17.2 Å². The lowest BCUT2D eigenvalue weighted by molar-refractivity contribution is -0.116. The standard InChI is InChI=1S/C18H23N3O5S/c1-11-9-16(25-3)17(26-4)10-15(11)20-12(2)18(22)21-13-5-7-14(8-6-13)27(19,23)24/h5-10,12,20H,1-4H3,(H,21,22)(H2,19,23,24)/t12-/m1/s1. The van der Waals surface area contributed by atoms with E-state index in [1.807, 2.05) is 13.0 Å². The molecule has 0 aliphatic rings. The molecule has 0 saturated heterocycles. The van der Waals surface area contributed by atoms with E-state index >= 15 is 0 Å². The molecule has 0 spiro atoms. The van der Waals surface area contributed by atoms with Crippen LogP contribution in [0.1, 0.15) is 12.5 Å². The Morgan fingerprint density at radius 2 is 1.63 bits per heavy atom. The van der Waals surface area contributed by atoms with Crippen LogP contribution in [0.5, 0.6) is 11.5 Å². The van der Waals surface area contributed by atoms with Crippen molar-refractivity contribution in [2.75, 3.05) is 24.9 Å². The second-order valence-corrected chi connectivity index (χ2v) is 7.51. The van der Waals surface area contributed by atoms with Crippen molar-refractivity contribution in [2.45, 2.75) is 24.8 Å². The Hall–Kier alpha value is -2.78. The lowest BCUT2D eigenvalue weighted by Crippen LogP contribution is -2.32. The second-order valence-electron chi connectivity index (χ2n) is 5.95. The lowest BCUT2D eigenvalue weighted by atomic mass is 10.1. The highest BCUT2D eigenvalue weighted by Gasteiger charge is 2.16. The monoisotopic (exact) mass is 393 g/mol. The van der Waals surface area contributed by atoms with E-state index in [4.69, 9.17) is 14.6 Å². The molecule has 0 heterocycles. The number of benzene rings is 2. The fourth-order valence-corrected chi connectivity index (χ4v) is 2.93. The normalized spacial score (nSPS) is 12.2. The fraction of sp³-hybridized carbons (Fsp3) is 0.278.